The van der Waals surface area contributed by atoms with Gasteiger partial charge in [-0.1, -0.05) is 0 Å². The Morgan fingerprint density at radius 3 is 2.40 bits per heavy atom. The van der Waals surface area contributed by atoms with Crippen LogP contribution in [0.4, 0.5) is 4.39 Å². The van der Waals surface area contributed by atoms with Gasteiger partial charge in [0.2, 0.25) is 0 Å². The maximum absolute atomic E-state index is 12.4. The third-order valence-corrected chi connectivity index (χ3v) is 1.43. The summed E-state index contributed by atoms with van der Waals surface area (Å²) >= 11 is 0. The summed E-state index contributed by atoms with van der Waals surface area (Å²) in [6.07, 6.45) is -6.30. The minimum atomic E-state index is -1.91. The molecule has 0 amide bonds. The van der Waals surface area contributed by atoms with Crippen LogP contribution in [0.1, 0.15) is 0 Å². The minimum Gasteiger partial charge on any atom is -0.388 e. The molecule has 0 aromatic carbocycles. The lowest BCUT2D eigenvalue weighted by atomic mass is 10.1. The van der Waals surface area contributed by atoms with Gasteiger partial charge in [-0.05, 0) is 0 Å². The van der Waals surface area contributed by atoms with E-state index in [4.69, 9.17) is 15.3 Å². The average molecular weight is 152 g/mol. The zero-order valence-corrected chi connectivity index (χ0v) is 5.14. The lowest BCUT2D eigenvalue weighted by Crippen LogP contribution is -2.50. The predicted molar refractivity (Wildman–Crippen MR) is 28.9 cm³/mol. The van der Waals surface area contributed by atoms with E-state index in [1.54, 1.807) is 0 Å². The first-order valence-electron chi connectivity index (χ1n) is 2.93. The minimum absolute atomic E-state index is 0.233. The number of aliphatic hydroxyl groups is 3. The molecule has 0 spiro atoms. The van der Waals surface area contributed by atoms with Gasteiger partial charge in [-0.25, -0.2) is 4.39 Å². The van der Waals surface area contributed by atoms with Crippen LogP contribution in [-0.2, 0) is 4.74 Å². The summed E-state index contributed by atoms with van der Waals surface area (Å²) in [5.74, 6) is 0. The standard InChI is InChI=1S/C5H9FO4/c6-3-4(8)2(7)1-10-5(3)9/h2-5,7-9H,1H2/t2-,3+,4+,5?/m1/s1. The molecule has 1 aliphatic rings. The fourth-order valence-corrected chi connectivity index (χ4v) is 0.769. The van der Waals surface area contributed by atoms with Gasteiger partial charge >= 0.3 is 0 Å². The van der Waals surface area contributed by atoms with Crippen LogP contribution < -0.4 is 0 Å². The van der Waals surface area contributed by atoms with Crippen molar-refractivity contribution in [2.75, 3.05) is 6.61 Å². The summed E-state index contributed by atoms with van der Waals surface area (Å²) < 4.78 is 16.8. The Morgan fingerprint density at radius 1 is 1.30 bits per heavy atom. The van der Waals surface area contributed by atoms with Crippen LogP contribution in [-0.4, -0.2) is 46.6 Å². The molecule has 1 rings (SSSR count). The first-order chi connectivity index (χ1) is 4.63. The van der Waals surface area contributed by atoms with Gasteiger partial charge in [-0.3, -0.25) is 0 Å². The maximum Gasteiger partial charge on any atom is 0.189 e. The molecule has 0 aromatic heterocycles. The van der Waals surface area contributed by atoms with E-state index in [0.717, 1.165) is 0 Å². The van der Waals surface area contributed by atoms with Crippen molar-refractivity contribution >= 4 is 0 Å². The van der Waals surface area contributed by atoms with Crippen molar-refractivity contribution in [1.82, 2.24) is 0 Å². The van der Waals surface area contributed by atoms with Gasteiger partial charge < -0.3 is 20.1 Å². The van der Waals surface area contributed by atoms with E-state index in [-0.39, 0.29) is 6.61 Å². The van der Waals surface area contributed by atoms with Crippen LogP contribution in [0.25, 0.3) is 0 Å². The van der Waals surface area contributed by atoms with Crippen LogP contribution in [0.15, 0.2) is 0 Å². The number of ether oxygens (including phenoxy) is 1. The number of alkyl halides is 1. The highest BCUT2D eigenvalue weighted by molar-refractivity contribution is 4.81. The van der Waals surface area contributed by atoms with Crippen molar-refractivity contribution in [2.45, 2.75) is 24.7 Å². The second-order valence-corrected chi connectivity index (χ2v) is 2.23. The molecule has 60 valence electrons. The van der Waals surface area contributed by atoms with Gasteiger partial charge in [-0.15, -0.1) is 0 Å². The first kappa shape index (κ1) is 7.87. The smallest absolute Gasteiger partial charge is 0.189 e. The second-order valence-electron chi connectivity index (χ2n) is 2.23. The molecule has 4 nitrogen and oxygen atoms in total. The molecule has 0 bridgehead atoms. The SMILES string of the molecule is OC1OC[C@@H](O)[C@H](O)[C@@H]1F. The molecule has 10 heavy (non-hydrogen) atoms. The maximum atomic E-state index is 12.4. The molecule has 1 heterocycles. The van der Waals surface area contributed by atoms with Gasteiger partial charge in [0, 0.05) is 0 Å². The van der Waals surface area contributed by atoms with Crippen molar-refractivity contribution in [3.05, 3.63) is 0 Å². The van der Waals surface area contributed by atoms with Crippen LogP contribution in [0.3, 0.4) is 0 Å². The van der Waals surface area contributed by atoms with Gasteiger partial charge in [0.15, 0.2) is 12.5 Å². The van der Waals surface area contributed by atoms with E-state index in [9.17, 15) is 4.39 Å². The largest absolute Gasteiger partial charge is 0.388 e. The lowest BCUT2D eigenvalue weighted by Gasteiger charge is -2.30. The predicted octanol–water partition coefficient (Wildman–Crippen LogP) is -1.61. The summed E-state index contributed by atoms with van der Waals surface area (Å²) in [6.45, 7) is -0.233. The Bertz CT molecular complexity index is 106. The van der Waals surface area contributed by atoms with Crippen molar-refractivity contribution in [3.63, 3.8) is 0 Å². The van der Waals surface area contributed by atoms with Gasteiger partial charge in [-0.2, -0.15) is 0 Å². The highest BCUT2D eigenvalue weighted by atomic mass is 19.1. The molecule has 0 radical (unpaired) electrons. The Hall–Kier alpha value is -0.230. The van der Waals surface area contributed by atoms with Crippen LogP contribution in [0.5, 0.6) is 0 Å². The quantitative estimate of drug-likeness (QED) is 0.391. The van der Waals surface area contributed by atoms with Crippen molar-refractivity contribution in [2.24, 2.45) is 0 Å². The molecular weight excluding hydrogens is 143 g/mol. The van der Waals surface area contributed by atoms with E-state index in [1.807, 2.05) is 0 Å². The Kier molecular flexibility index (Phi) is 2.20. The fourth-order valence-electron chi connectivity index (χ4n) is 0.769. The zero-order chi connectivity index (χ0) is 7.72. The third kappa shape index (κ3) is 1.27. The third-order valence-electron chi connectivity index (χ3n) is 1.43. The molecule has 1 aliphatic heterocycles. The topological polar surface area (TPSA) is 69.9 Å². The summed E-state index contributed by atoms with van der Waals surface area (Å²) in [7, 11) is 0. The molecule has 0 aromatic rings. The highest BCUT2D eigenvalue weighted by Gasteiger charge is 2.37. The van der Waals surface area contributed by atoms with E-state index < -0.39 is 24.7 Å². The highest BCUT2D eigenvalue weighted by Crippen LogP contribution is 2.16. The molecule has 4 atom stereocenters. The normalized spacial score (nSPS) is 49.2. The van der Waals surface area contributed by atoms with Crippen molar-refractivity contribution < 1.29 is 24.4 Å². The van der Waals surface area contributed by atoms with Crippen LogP contribution in [0, 0.1) is 0 Å². The second kappa shape index (κ2) is 2.79. The molecule has 3 N–H and O–H groups in total. The zero-order valence-electron chi connectivity index (χ0n) is 5.14. The summed E-state index contributed by atoms with van der Waals surface area (Å²) in [5.41, 5.74) is 0. The van der Waals surface area contributed by atoms with Crippen molar-refractivity contribution in [1.29, 1.82) is 0 Å². The number of halogens is 1. The summed E-state index contributed by atoms with van der Waals surface area (Å²) in [4.78, 5) is 0. The molecule has 1 saturated heterocycles. The molecule has 0 saturated carbocycles. The molecular formula is C5H9FO4. The van der Waals surface area contributed by atoms with Crippen molar-refractivity contribution in [3.8, 4) is 0 Å². The molecule has 5 heteroatoms. The van der Waals surface area contributed by atoms with E-state index in [0.29, 0.717) is 0 Å². The summed E-state index contributed by atoms with van der Waals surface area (Å²) in [6, 6.07) is 0. The lowest BCUT2D eigenvalue weighted by molar-refractivity contribution is -0.233. The van der Waals surface area contributed by atoms with Gasteiger partial charge in [0.05, 0.1) is 6.61 Å². The fraction of sp³-hybridized carbons (Fsp3) is 1.00. The van der Waals surface area contributed by atoms with Crippen LogP contribution in [0.2, 0.25) is 0 Å². The number of aliphatic hydroxyl groups excluding tert-OH is 3. The van der Waals surface area contributed by atoms with Gasteiger partial charge in [0.1, 0.15) is 12.2 Å². The van der Waals surface area contributed by atoms with Gasteiger partial charge in [0.25, 0.3) is 0 Å². The molecule has 0 aliphatic carbocycles. The number of hydrogen-bond acceptors (Lipinski definition) is 4. The average Bonchev–Trinajstić information content (AvgIpc) is 1.93. The molecule has 1 fully saturated rings. The number of rotatable bonds is 0. The number of hydrogen-bond donors (Lipinski definition) is 3. The van der Waals surface area contributed by atoms with E-state index in [2.05, 4.69) is 4.74 Å². The van der Waals surface area contributed by atoms with Crippen LogP contribution >= 0.6 is 0 Å². The summed E-state index contributed by atoms with van der Waals surface area (Å²) in [5, 5.41) is 26.1. The first-order valence-corrected chi connectivity index (χ1v) is 2.93. The van der Waals surface area contributed by atoms with E-state index >= 15 is 0 Å². The Morgan fingerprint density at radius 2 is 1.90 bits per heavy atom. The Balaban J connectivity index is 2.52. The Labute approximate surface area is 56.9 Å². The molecule has 1 unspecified atom stereocenters. The monoisotopic (exact) mass is 152 g/mol. The van der Waals surface area contributed by atoms with E-state index in [1.165, 1.54) is 0 Å².